The molecule has 36 heavy (non-hydrogen) atoms. The third-order valence-electron chi connectivity index (χ3n) is 5.90. The molecule has 1 unspecified atom stereocenters. The summed E-state index contributed by atoms with van der Waals surface area (Å²) in [5.74, 6) is -2.14. The maximum atomic E-state index is 14.7. The van der Waals surface area contributed by atoms with Gasteiger partial charge in [-0.25, -0.2) is 23.1 Å². The van der Waals surface area contributed by atoms with Crippen molar-refractivity contribution in [3.63, 3.8) is 0 Å². The van der Waals surface area contributed by atoms with Gasteiger partial charge in [-0.3, -0.25) is 4.79 Å². The number of aromatic nitrogens is 2. The number of anilines is 1. The highest BCUT2D eigenvalue weighted by molar-refractivity contribution is 5.80. The Kier molecular flexibility index (Phi) is 7.38. The molecule has 2 N–H and O–H groups in total. The SMILES string of the molecule is COC(Nc1ncnc(CC(=O)NC2(C(F)(F)F)CC2)c1C1OCCO1)c1cccc(C(F)F)c1F. The van der Waals surface area contributed by atoms with Crippen LogP contribution in [-0.2, 0) is 25.4 Å². The lowest BCUT2D eigenvalue weighted by Gasteiger charge is -2.24. The van der Waals surface area contributed by atoms with Crippen molar-refractivity contribution in [2.45, 2.75) is 49.9 Å². The molecule has 1 saturated carbocycles. The van der Waals surface area contributed by atoms with Crippen molar-refractivity contribution in [2.24, 2.45) is 0 Å². The zero-order chi connectivity index (χ0) is 26.1. The number of halogens is 6. The largest absolute Gasteiger partial charge is 0.411 e. The molecule has 1 saturated heterocycles. The van der Waals surface area contributed by atoms with Crippen LogP contribution in [0.3, 0.4) is 0 Å². The number of methoxy groups -OCH3 is 1. The molecule has 0 bridgehead atoms. The Hall–Kier alpha value is -2.97. The fourth-order valence-electron chi connectivity index (χ4n) is 3.86. The van der Waals surface area contributed by atoms with Crippen LogP contribution in [0.2, 0.25) is 0 Å². The van der Waals surface area contributed by atoms with Gasteiger partial charge in [0.05, 0.1) is 36.5 Å². The van der Waals surface area contributed by atoms with Crippen molar-refractivity contribution in [3.8, 4) is 0 Å². The van der Waals surface area contributed by atoms with Crippen LogP contribution in [0.25, 0.3) is 0 Å². The van der Waals surface area contributed by atoms with Crippen molar-refractivity contribution >= 4 is 11.7 Å². The lowest BCUT2D eigenvalue weighted by molar-refractivity contribution is -0.170. The predicted molar refractivity (Wildman–Crippen MR) is 111 cm³/mol. The molecule has 1 amide bonds. The third kappa shape index (κ3) is 5.25. The molecule has 1 atom stereocenters. The molecule has 1 aliphatic heterocycles. The van der Waals surface area contributed by atoms with E-state index in [4.69, 9.17) is 14.2 Å². The molecule has 1 aliphatic carbocycles. The topological polar surface area (TPSA) is 94.6 Å². The summed E-state index contributed by atoms with van der Waals surface area (Å²) in [5.41, 5.74) is -3.22. The van der Waals surface area contributed by atoms with Crippen molar-refractivity contribution < 1.29 is 45.3 Å². The maximum Gasteiger partial charge on any atom is 0.411 e. The van der Waals surface area contributed by atoms with E-state index in [1.165, 1.54) is 19.2 Å². The van der Waals surface area contributed by atoms with Gasteiger partial charge in [-0.15, -0.1) is 0 Å². The average Bonchev–Trinajstić information content (AvgIpc) is 3.41. The molecule has 2 heterocycles. The molecule has 8 nitrogen and oxygen atoms in total. The number of hydrogen-bond donors (Lipinski definition) is 2. The molecule has 0 spiro atoms. The molecule has 1 aromatic carbocycles. The summed E-state index contributed by atoms with van der Waals surface area (Å²) in [6, 6.07) is 3.42. The number of ether oxygens (including phenoxy) is 3. The average molecular weight is 520 g/mol. The molecule has 1 aromatic heterocycles. The van der Waals surface area contributed by atoms with Crippen molar-refractivity contribution in [2.75, 3.05) is 25.6 Å². The van der Waals surface area contributed by atoms with Gasteiger partial charge < -0.3 is 24.8 Å². The van der Waals surface area contributed by atoms with Crippen LogP contribution in [0.5, 0.6) is 0 Å². The van der Waals surface area contributed by atoms with E-state index in [9.17, 15) is 31.1 Å². The Labute approximate surface area is 201 Å². The van der Waals surface area contributed by atoms with Gasteiger partial charge in [0.25, 0.3) is 6.43 Å². The highest BCUT2D eigenvalue weighted by Gasteiger charge is 2.64. The van der Waals surface area contributed by atoms with Crippen LogP contribution in [0.1, 0.15) is 54.2 Å². The van der Waals surface area contributed by atoms with E-state index in [0.29, 0.717) is 0 Å². The number of alkyl halides is 5. The van der Waals surface area contributed by atoms with E-state index in [-0.39, 0.29) is 48.7 Å². The summed E-state index contributed by atoms with van der Waals surface area (Å²) < 4.78 is 97.1. The first-order valence-corrected chi connectivity index (χ1v) is 10.9. The van der Waals surface area contributed by atoms with Gasteiger partial charge in [0.2, 0.25) is 5.91 Å². The number of carbonyl (C=O) groups is 1. The quantitative estimate of drug-likeness (QED) is 0.380. The number of rotatable bonds is 9. The Morgan fingerprint density at radius 1 is 1.19 bits per heavy atom. The smallest absolute Gasteiger partial charge is 0.357 e. The first kappa shape index (κ1) is 26.1. The number of amides is 1. The van der Waals surface area contributed by atoms with Gasteiger partial charge in [0, 0.05) is 12.7 Å². The number of hydrogen-bond acceptors (Lipinski definition) is 7. The zero-order valence-electron chi connectivity index (χ0n) is 18.9. The van der Waals surface area contributed by atoms with Crippen molar-refractivity contribution in [1.82, 2.24) is 15.3 Å². The number of carbonyl (C=O) groups excluding carboxylic acids is 1. The van der Waals surface area contributed by atoms with E-state index < -0.39 is 54.4 Å². The molecule has 0 radical (unpaired) electrons. The summed E-state index contributed by atoms with van der Waals surface area (Å²) in [5, 5.41) is 4.79. The fourth-order valence-corrected chi connectivity index (χ4v) is 3.86. The van der Waals surface area contributed by atoms with Gasteiger partial charge in [-0.1, -0.05) is 18.2 Å². The lowest BCUT2D eigenvalue weighted by Crippen LogP contribution is -2.48. The second kappa shape index (κ2) is 10.2. The standard InChI is InChI=1S/C22H22F6N4O4/c1-34-19(12-4-2-3-11(16(12)23)17(24)25)31-18-15(20-35-7-8-36-20)13(29-10-30-18)9-14(33)32-21(5-6-21)22(26,27)28/h2-4,10,17,19-20H,5-9H2,1H3,(H,32,33)(H,29,30,31). The Morgan fingerprint density at radius 3 is 2.44 bits per heavy atom. The Bertz CT molecular complexity index is 1110. The number of nitrogens with zero attached hydrogens (tertiary/aromatic N) is 2. The minimum Gasteiger partial charge on any atom is -0.357 e. The van der Waals surface area contributed by atoms with Crippen LogP contribution < -0.4 is 10.6 Å². The van der Waals surface area contributed by atoms with Crippen LogP contribution in [0.15, 0.2) is 24.5 Å². The summed E-state index contributed by atoms with van der Waals surface area (Å²) in [6.45, 7) is 0.362. The zero-order valence-corrected chi connectivity index (χ0v) is 18.9. The molecule has 14 heteroatoms. The fraction of sp³-hybridized carbons (Fsp3) is 0.500. The molecule has 196 valence electrons. The first-order chi connectivity index (χ1) is 17.1. The number of benzene rings is 1. The third-order valence-corrected chi connectivity index (χ3v) is 5.90. The highest BCUT2D eigenvalue weighted by atomic mass is 19.4. The second-order valence-electron chi connectivity index (χ2n) is 8.27. The molecule has 2 aromatic rings. The minimum absolute atomic E-state index is 0.00605. The molecule has 4 rings (SSSR count). The van der Waals surface area contributed by atoms with Gasteiger partial charge in [-0.05, 0) is 12.8 Å². The Morgan fingerprint density at radius 2 is 1.86 bits per heavy atom. The summed E-state index contributed by atoms with van der Waals surface area (Å²) in [7, 11) is 1.20. The maximum absolute atomic E-state index is 14.7. The molecule has 2 aliphatic rings. The van der Waals surface area contributed by atoms with Crippen molar-refractivity contribution in [3.05, 3.63) is 52.7 Å². The molecular weight excluding hydrogens is 498 g/mol. The van der Waals surface area contributed by atoms with Crippen LogP contribution in [0.4, 0.5) is 32.2 Å². The Balaban J connectivity index is 1.63. The van der Waals surface area contributed by atoms with Crippen LogP contribution >= 0.6 is 0 Å². The summed E-state index contributed by atoms with van der Waals surface area (Å²) in [6.07, 6.45) is -10.00. The van der Waals surface area contributed by atoms with E-state index in [0.717, 1.165) is 12.4 Å². The van der Waals surface area contributed by atoms with E-state index in [2.05, 4.69) is 15.3 Å². The van der Waals surface area contributed by atoms with E-state index >= 15 is 0 Å². The van der Waals surface area contributed by atoms with E-state index in [1.807, 2.05) is 5.32 Å². The van der Waals surface area contributed by atoms with Crippen molar-refractivity contribution in [1.29, 1.82) is 0 Å². The monoisotopic (exact) mass is 520 g/mol. The first-order valence-electron chi connectivity index (χ1n) is 10.9. The van der Waals surface area contributed by atoms with Gasteiger partial charge in [0.15, 0.2) is 12.5 Å². The molecular formula is C22H22F6N4O4. The van der Waals surface area contributed by atoms with E-state index in [1.54, 1.807) is 0 Å². The predicted octanol–water partition coefficient (Wildman–Crippen LogP) is 4.11. The van der Waals surface area contributed by atoms with Gasteiger partial charge >= 0.3 is 6.18 Å². The van der Waals surface area contributed by atoms with Crippen LogP contribution in [0, 0.1) is 5.82 Å². The van der Waals surface area contributed by atoms with Gasteiger partial charge in [-0.2, -0.15) is 13.2 Å². The van der Waals surface area contributed by atoms with Gasteiger partial charge in [0.1, 0.15) is 23.5 Å². The highest BCUT2D eigenvalue weighted by Crippen LogP contribution is 2.49. The number of nitrogens with one attached hydrogen (secondary N) is 2. The van der Waals surface area contributed by atoms with Crippen LogP contribution in [-0.4, -0.2) is 47.9 Å². The lowest BCUT2D eigenvalue weighted by atomic mass is 10.1. The minimum atomic E-state index is -4.59. The summed E-state index contributed by atoms with van der Waals surface area (Å²) >= 11 is 0. The normalized spacial score (nSPS) is 18.3. The molecule has 2 fully saturated rings. The summed E-state index contributed by atoms with van der Waals surface area (Å²) in [4.78, 5) is 20.6. The second-order valence-corrected chi connectivity index (χ2v) is 8.27.